The first-order valence-electron chi connectivity index (χ1n) is 5.07. The summed E-state index contributed by atoms with van der Waals surface area (Å²) < 4.78 is 0. The Morgan fingerprint density at radius 3 is 1.58 bits per heavy atom. The molecule has 1 aliphatic rings. The molecule has 0 saturated carbocycles. The quantitative estimate of drug-likeness (QED) is 0.579. The second-order valence-corrected chi connectivity index (χ2v) is 3.85. The number of rotatable bonds is 0. The van der Waals surface area contributed by atoms with Gasteiger partial charge >= 0.3 is 0 Å². The van der Waals surface area contributed by atoms with Crippen molar-refractivity contribution in [3.8, 4) is 0 Å². The van der Waals surface area contributed by atoms with Crippen LogP contribution in [0.5, 0.6) is 0 Å². The molecule has 12 heavy (non-hydrogen) atoms. The zero-order valence-electron chi connectivity index (χ0n) is 9.39. The minimum absolute atomic E-state index is 1.25. The van der Waals surface area contributed by atoms with Gasteiger partial charge in [0.05, 0.1) is 0 Å². The van der Waals surface area contributed by atoms with Crippen molar-refractivity contribution in [2.45, 2.75) is 34.1 Å². The van der Waals surface area contributed by atoms with Gasteiger partial charge in [0.1, 0.15) is 0 Å². The van der Waals surface area contributed by atoms with Crippen molar-refractivity contribution in [1.29, 1.82) is 0 Å². The summed E-state index contributed by atoms with van der Waals surface area (Å²) in [7, 11) is 2.18. The Labute approximate surface area is 82.9 Å². The fraction of sp³-hybridized carbons (Fsp3) is 1.00. The molecule has 0 aromatic heterocycles. The van der Waals surface area contributed by atoms with Gasteiger partial charge in [-0.25, -0.2) is 0 Å². The molecule has 1 fully saturated rings. The van der Waals surface area contributed by atoms with Gasteiger partial charge in [-0.2, -0.15) is 11.8 Å². The van der Waals surface area contributed by atoms with Crippen LogP contribution >= 0.6 is 11.8 Å². The molecule has 0 aromatic rings. The average Bonchev–Trinajstić information content (AvgIpc) is 2.11. The maximum absolute atomic E-state index is 2.37. The van der Waals surface area contributed by atoms with Crippen LogP contribution in [0.2, 0.25) is 0 Å². The summed E-state index contributed by atoms with van der Waals surface area (Å²) in [5.74, 6) is 2.66. The predicted molar refractivity (Wildman–Crippen MR) is 62.1 cm³/mol. The van der Waals surface area contributed by atoms with Crippen LogP contribution in [-0.4, -0.2) is 36.5 Å². The molecule has 1 rings (SSSR count). The van der Waals surface area contributed by atoms with Crippen LogP contribution in [0.1, 0.15) is 34.1 Å². The SMILES string of the molecule is CC.CCC.CN1CCSCC1. The van der Waals surface area contributed by atoms with E-state index in [1.807, 2.05) is 13.8 Å². The van der Waals surface area contributed by atoms with Crippen molar-refractivity contribution >= 4 is 11.8 Å². The molecule has 0 amide bonds. The molecule has 0 bridgehead atoms. The van der Waals surface area contributed by atoms with E-state index in [1.54, 1.807) is 0 Å². The van der Waals surface area contributed by atoms with Gasteiger partial charge in [0, 0.05) is 24.6 Å². The highest BCUT2D eigenvalue weighted by atomic mass is 32.2. The molecule has 2 heteroatoms. The Bertz CT molecular complexity index is 60.9. The molecule has 0 N–H and O–H groups in total. The summed E-state index contributed by atoms with van der Waals surface area (Å²) in [5.41, 5.74) is 0. The maximum Gasteiger partial charge on any atom is 0.00696 e. The predicted octanol–water partition coefficient (Wildman–Crippen LogP) is 3.11. The molecule has 0 atom stereocenters. The number of hydrogen-bond acceptors (Lipinski definition) is 2. The van der Waals surface area contributed by atoms with Crippen LogP contribution in [-0.2, 0) is 0 Å². The second-order valence-electron chi connectivity index (χ2n) is 2.62. The molecule has 1 heterocycles. The summed E-state index contributed by atoms with van der Waals surface area (Å²) in [4.78, 5) is 2.37. The first-order valence-corrected chi connectivity index (χ1v) is 6.23. The fourth-order valence-electron chi connectivity index (χ4n) is 0.655. The topological polar surface area (TPSA) is 3.24 Å². The number of hydrogen-bond donors (Lipinski definition) is 0. The van der Waals surface area contributed by atoms with Crippen LogP contribution in [0.4, 0.5) is 0 Å². The van der Waals surface area contributed by atoms with Gasteiger partial charge in [-0.1, -0.05) is 34.1 Å². The lowest BCUT2D eigenvalue weighted by Crippen LogP contribution is -2.28. The Hall–Kier alpha value is 0.310. The Morgan fingerprint density at radius 1 is 1.08 bits per heavy atom. The standard InChI is InChI=1S/C5H11NS.C3H8.C2H6/c1-6-2-4-7-5-3-6;1-3-2;1-2/h2-5H2,1H3;3H2,1-2H3;1-2H3. The maximum atomic E-state index is 2.37. The first-order chi connectivity index (χ1) is 5.81. The molecule has 0 radical (unpaired) electrons. The summed E-state index contributed by atoms with van der Waals surface area (Å²) in [5, 5.41) is 0. The zero-order chi connectivity index (χ0) is 9.82. The van der Waals surface area contributed by atoms with Crippen LogP contribution in [0.3, 0.4) is 0 Å². The van der Waals surface area contributed by atoms with Crippen molar-refractivity contribution < 1.29 is 0 Å². The summed E-state index contributed by atoms with van der Waals surface area (Å²) in [6.07, 6.45) is 1.25. The molecule has 0 unspecified atom stereocenters. The minimum atomic E-state index is 1.25. The van der Waals surface area contributed by atoms with Crippen molar-refractivity contribution in [1.82, 2.24) is 4.90 Å². The summed E-state index contributed by atoms with van der Waals surface area (Å²) in [6, 6.07) is 0. The van der Waals surface area contributed by atoms with E-state index in [1.165, 1.54) is 31.0 Å². The minimum Gasteiger partial charge on any atom is -0.305 e. The van der Waals surface area contributed by atoms with Crippen LogP contribution in [0.25, 0.3) is 0 Å². The Kier molecular flexibility index (Phi) is 17.1. The van der Waals surface area contributed by atoms with Gasteiger partial charge in [-0.05, 0) is 7.05 Å². The third-order valence-electron chi connectivity index (χ3n) is 1.23. The lowest BCUT2D eigenvalue weighted by Gasteiger charge is -2.20. The average molecular weight is 191 g/mol. The van der Waals surface area contributed by atoms with Crippen molar-refractivity contribution in [3.63, 3.8) is 0 Å². The second kappa shape index (κ2) is 13.9. The smallest absolute Gasteiger partial charge is 0.00696 e. The molecule has 76 valence electrons. The van der Waals surface area contributed by atoms with E-state index in [-0.39, 0.29) is 0 Å². The third kappa shape index (κ3) is 12.9. The van der Waals surface area contributed by atoms with Crippen molar-refractivity contribution in [2.75, 3.05) is 31.6 Å². The van der Waals surface area contributed by atoms with E-state index in [0.717, 1.165) is 0 Å². The van der Waals surface area contributed by atoms with E-state index in [2.05, 4.69) is 37.6 Å². The highest BCUT2D eigenvalue weighted by Crippen LogP contribution is 2.05. The van der Waals surface area contributed by atoms with Crippen molar-refractivity contribution in [2.24, 2.45) is 0 Å². The van der Waals surface area contributed by atoms with Gasteiger partial charge in [-0.3, -0.25) is 0 Å². The normalized spacial score (nSPS) is 16.8. The number of nitrogens with zero attached hydrogens (tertiary/aromatic N) is 1. The largest absolute Gasteiger partial charge is 0.305 e. The molecular weight excluding hydrogens is 166 g/mol. The molecule has 0 aliphatic carbocycles. The first kappa shape index (κ1) is 14.8. The van der Waals surface area contributed by atoms with E-state index in [9.17, 15) is 0 Å². The molecular formula is C10H25NS. The molecule has 1 aliphatic heterocycles. The molecule has 0 spiro atoms. The number of thioether (sulfide) groups is 1. The van der Waals surface area contributed by atoms with Crippen LogP contribution in [0, 0.1) is 0 Å². The lowest BCUT2D eigenvalue weighted by molar-refractivity contribution is 0.372. The zero-order valence-corrected chi connectivity index (χ0v) is 10.2. The van der Waals surface area contributed by atoms with Gasteiger partial charge in [0.2, 0.25) is 0 Å². The fourth-order valence-corrected chi connectivity index (χ4v) is 1.74. The summed E-state index contributed by atoms with van der Waals surface area (Å²) >= 11 is 2.06. The van der Waals surface area contributed by atoms with E-state index in [4.69, 9.17) is 0 Å². The molecule has 0 aromatic carbocycles. The van der Waals surface area contributed by atoms with Gasteiger partial charge in [0.25, 0.3) is 0 Å². The lowest BCUT2D eigenvalue weighted by atomic mass is 10.6. The highest BCUT2D eigenvalue weighted by molar-refractivity contribution is 7.99. The van der Waals surface area contributed by atoms with Crippen LogP contribution < -0.4 is 0 Å². The van der Waals surface area contributed by atoms with Crippen molar-refractivity contribution in [3.05, 3.63) is 0 Å². The summed E-state index contributed by atoms with van der Waals surface area (Å²) in [6.45, 7) is 10.8. The Balaban J connectivity index is 0. The van der Waals surface area contributed by atoms with Crippen LogP contribution in [0.15, 0.2) is 0 Å². The molecule has 1 nitrogen and oxygen atoms in total. The Morgan fingerprint density at radius 2 is 1.42 bits per heavy atom. The third-order valence-corrected chi connectivity index (χ3v) is 2.18. The van der Waals surface area contributed by atoms with E-state index in [0.29, 0.717) is 0 Å². The van der Waals surface area contributed by atoms with Gasteiger partial charge in [0.15, 0.2) is 0 Å². The highest BCUT2D eigenvalue weighted by Gasteiger charge is 2.02. The van der Waals surface area contributed by atoms with E-state index < -0.39 is 0 Å². The van der Waals surface area contributed by atoms with Gasteiger partial charge in [-0.15, -0.1) is 0 Å². The van der Waals surface area contributed by atoms with E-state index >= 15 is 0 Å². The van der Waals surface area contributed by atoms with Gasteiger partial charge < -0.3 is 4.90 Å². The molecule has 1 saturated heterocycles. The monoisotopic (exact) mass is 191 g/mol.